The number of ether oxygens (including phenoxy) is 2. The molecule has 1 aliphatic heterocycles. The number of nitrogens with zero attached hydrogens (tertiary/aromatic N) is 2. The summed E-state index contributed by atoms with van der Waals surface area (Å²) in [5, 5.41) is 8.56. The lowest BCUT2D eigenvalue weighted by atomic mass is 9.90. The Morgan fingerprint density at radius 2 is 1.56 bits per heavy atom. The molecule has 9 atom stereocenters. The Morgan fingerprint density at radius 3 is 2.09 bits per heavy atom. The quantitative estimate of drug-likeness (QED) is 0.137. The molecule has 8 unspecified atom stereocenters. The van der Waals surface area contributed by atoms with Crippen molar-refractivity contribution in [3.05, 3.63) is 35.9 Å². The van der Waals surface area contributed by atoms with Crippen LogP contribution in [0.3, 0.4) is 0 Å². The molecule has 1 aromatic carbocycles. The summed E-state index contributed by atoms with van der Waals surface area (Å²) in [6, 6.07) is 7.04. The fourth-order valence-electron chi connectivity index (χ4n) is 7.39. The number of methoxy groups -OCH3 is 2. The molecule has 2 fully saturated rings. The molecule has 15 heteroatoms. The van der Waals surface area contributed by atoms with Crippen LogP contribution in [-0.4, -0.2) is 127 Å². The van der Waals surface area contributed by atoms with E-state index < -0.39 is 65.1 Å². The summed E-state index contributed by atoms with van der Waals surface area (Å²) in [7, 11) is 4.91. The van der Waals surface area contributed by atoms with E-state index in [0.29, 0.717) is 19.4 Å². The number of benzene rings is 1. The molecule has 3 rings (SSSR count). The maximum atomic E-state index is 14.1. The second kappa shape index (κ2) is 25.2. The molecule has 57 heavy (non-hydrogen) atoms. The van der Waals surface area contributed by atoms with Crippen molar-refractivity contribution in [3.63, 3.8) is 0 Å². The minimum atomic E-state index is -1.51. The van der Waals surface area contributed by atoms with Crippen molar-refractivity contribution >= 4 is 40.5 Å². The summed E-state index contributed by atoms with van der Waals surface area (Å²) >= 11 is 0. The predicted octanol–water partition coefficient (Wildman–Crippen LogP) is 3.35. The molecule has 1 aromatic rings. The number of carbonyl (C=O) groups is 5. The number of carbonyl (C=O) groups excluding carboxylic acids is 5. The van der Waals surface area contributed by atoms with Crippen LogP contribution in [0.2, 0.25) is 0 Å². The maximum absolute atomic E-state index is 14.1. The molecular formula is C42H72N6O8S. The van der Waals surface area contributed by atoms with Gasteiger partial charge in [-0.3, -0.25) is 28.7 Å². The molecule has 0 aromatic heterocycles. The van der Waals surface area contributed by atoms with E-state index in [4.69, 9.17) is 9.47 Å². The average molecular weight is 821 g/mol. The minimum absolute atomic E-state index is 0.00433. The highest BCUT2D eigenvalue weighted by Crippen LogP contribution is 2.29. The predicted molar refractivity (Wildman–Crippen MR) is 224 cm³/mol. The third-order valence-electron chi connectivity index (χ3n) is 10.9. The van der Waals surface area contributed by atoms with Crippen LogP contribution in [0.5, 0.6) is 0 Å². The highest BCUT2D eigenvalue weighted by Gasteiger charge is 2.43. The molecule has 0 spiro atoms. The fraction of sp³-hybridized carbons (Fsp3) is 0.738. The summed E-state index contributed by atoms with van der Waals surface area (Å²) in [6.45, 7) is 14.1. The molecule has 0 radical (unpaired) electrons. The van der Waals surface area contributed by atoms with Crippen LogP contribution in [-0.2, 0) is 50.9 Å². The molecule has 2 aliphatic rings. The number of rotatable bonds is 22. The van der Waals surface area contributed by atoms with Gasteiger partial charge in [0, 0.05) is 34.2 Å². The summed E-state index contributed by atoms with van der Waals surface area (Å²) < 4.78 is 27.0. The van der Waals surface area contributed by atoms with Crippen molar-refractivity contribution in [1.29, 1.82) is 0 Å². The number of likely N-dealkylation sites (tertiary alicyclic amines) is 1. The summed E-state index contributed by atoms with van der Waals surface area (Å²) in [6.07, 6.45) is 3.78. The van der Waals surface area contributed by atoms with Gasteiger partial charge < -0.3 is 35.2 Å². The third-order valence-corrected chi connectivity index (χ3v) is 12.4. The third kappa shape index (κ3) is 15.0. The van der Waals surface area contributed by atoms with Gasteiger partial charge in [0.25, 0.3) is 5.91 Å². The molecule has 5 amide bonds. The van der Waals surface area contributed by atoms with Gasteiger partial charge in [0.2, 0.25) is 23.6 Å². The van der Waals surface area contributed by atoms with Gasteiger partial charge in [-0.1, -0.05) is 91.6 Å². The standard InChI is InChI=1S/C39H64N6O8S.C3H8/c1-10-25(4)35(44(7)33(47)23-41-39(50)34(40-6)24(2)3)31(52-8)22-32(46)45-20-14-17-30(45)36(53-9)26(5)37(48)42-29(21-27-15-12-11-13-16-27)38(49)43-54(51)28-18-19-28;1-3-2/h11-13,15-16,24-26,28-31,34-36,40H,10,14,17-23H2,1-9H3,(H,41,50)(H,42,48)(H,43,49);3H2,1-2H3/t25?,26?,29?,30?,31-,34?,35?,36?,54?;/m1./s1. The van der Waals surface area contributed by atoms with Crippen molar-refractivity contribution in [2.75, 3.05) is 41.4 Å². The zero-order valence-electron chi connectivity index (χ0n) is 36.3. The van der Waals surface area contributed by atoms with Gasteiger partial charge in [0.1, 0.15) is 17.0 Å². The lowest BCUT2D eigenvalue weighted by Gasteiger charge is -2.39. The molecule has 4 N–H and O–H groups in total. The fourth-order valence-corrected chi connectivity index (χ4v) is 8.46. The van der Waals surface area contributed by atoms with E-state index >= 15 is 0 Å². The smallest absolute Gasteiger partial charge is 0.254 e. The molecular weight excluding hydrogens is 749 g/mol. The first-order chi connectivity index (χ1) is 27.1. The van der Waals surface area contributed by atoms with Crippen molar-refractivity contribution in [2.45, 2.75) is 141 Å². The molecule has 1 saturated heterocycles. The zero-order valence-corrected chi connectivity index (χ0v) is 37.1. The first kappa shape index (κ1) is 49.7. The molecule has 324 valence electrons. The second-order valence-electron chi connectivity index (χ2n) is 15.8. The Bertz CT molecular complexity index is 1450. The van der Waals surface area contributed by atoms with E-state index in [0.717, 1.165) is 24.8 Å². The Labute approximate surface area is 344 Å². The van der Waals surface area contributed by atoms with E-state index in [-0.39, 0.29) is 54.2 Å². The zero-order chi connectivity index (χ0) is 42.8. The first-order valence-electron chi connectivity index (χ1n) is 20.7. The van der Waals surface area contributed by atoms with E-state index in [1.165, 1.54) is 20.6 Å². The molecule has 1 aliphatic carbocycles. The summed E-state index contributed by atoms with van der Waals surface area (Å²) in [5.74, 6) is -2.39. The maximum Gasteiger partial charge on any atom is 0.254 e. The minimum Gasteiger partial charge on any atom is -0.379 e. The topological polar surface area (TPSA) is 175 Å². The van der Waals surface area contributed by atoms with E-state index in [1.807, 2.05) is 58.0 Å². The van der Waals surface area contributed by atoms with Crippen LogP contribution >= 0.6 is 0 Å². The Kier molecular flexibility index (Phi) is 22.0. The number of hydrogen-bond acceptors (Lipinski definition) is 9. The number of amides is 5. The van der Waals surface area contributed by atoms with Gasteiger partial charge >= 0.3 is 0 Å². The van der Waals surface area contributed by atoms with Gasteiger partial charge in [-0.25, -0.2) is 4.21 Å². The van der Waals surface area contributed by atoms with Crippen molar-refractivity contribution in [1.82, 2.24) is 30.5 Å². The van der Waals surface area contributed by atoms with Crippen molar-refractivity contribution in [2.24, 2.45) is 17.8 Å². The summed E-state index contributed by atoms with van der Waals surface area (Å²) in [5.41, 5.74) is 0.840. The van der Waals surface area contributed by atoms with Crippen LogP contribution < -0.4 is 20.7 Å². The molecule has 1 saturated carbocycles. The normalized spacial score (nSPS) is 19.4. The second-order valence-corrected chi connectivity index (χ2v) is 17.3. The van der Waals surface area contributed by atoms with Gasteiger partial charge in [-0.15, -0.1) is 0 Å². The molecule has 1 heterocycles. The van der Waals surface area contributed by atoms with E-state index in [9.17, 15) is 28.2 Å². The van der Waals surface area contributed by atoms with Crippen LogP contribution in [0.25, 0.3) is 0 Å². The number of nitrogens with one attached hydrogen (secondary N) is 4. The Hall–Kier alpha value is -3.40. The molecule has 14 nitrogen and oxygen atoms in total. The summed E-state index contributed by atoms with van der Waals surface area (Å²) in [4.78, 5) is 70.7. The van der Waals surface area contributed by atoms with Gasteiger partial charge in [0.05, 0.1) is 54.5 Å². The van der Waals surface area contributed by atoms with Crippen LogP contribution in [0.1, 0.15) is 99.0 Å². The highest BCUT2D eigenvalue weighted by atomic mass is 32.2. The van der Waals surface area contributed by atoms with Crippen LogP contribution in [0.15, 0.2) is 30.3 Å². The van der Waals surface area contributed by atoms with Crippen molar-refractivity contribution < 1.29 is 37.7 Å². The largest absolute Gasteiger partial charge is 0.379 e. The average Bonchev–Trinajstić information content (AvgIpc) is 3.94. The van der Waals surface area contributed by atoms with Crippen molar-refractivity contribution in [3.8, 4) is 0 Å². The number of hydrogen-bond donors (Lipinski definition) is 4. The van der Waals surface area contributed by atoms with E-state index in [1.54, 1.807) is 30.8 Å². The lowest BCUT2D eigenvalue weighted by molar-refractivity contribution is -0.146. The SMILES string of the molecule is CCC.CCC(C)C([C@@H](CC(=O)N1CCCC1C(OC)C(C)C(=O)NC(Cc1ccccc1)C(=O)NS(=O)C1CC1)OC)N(C)C(=O)CNC(=O)C(NC)C(C)C. The Balaban J connectivity index is 0.00000362. The van der Waals surface area contributed by atoms with Crippen LogP contribution in [0.4, 0.5) is 0 Å². The lowest BCUT2D eigenvalue weighted by Crippen LogP contribution is -2.55. The van der Waals surface area contributed by atoms with Gasteiger partial charge in [0.15, 0.2) is 0 Å². The highest BCUT2D eigenvalue weighted by molar-refractivity contribution is 7.84. The monoisotopic (exact) mass is 821 g/mol. The molecule has 0 bridgehead atoms. The van der Waals surface area contributed by atoms with Gasteiger partial charge in [-0.05, 0) is 50.1 Å². The van der Waals surface area contributed by atoms with E-state index in [2.05, 4.69) is 34.5 Å². The van der Waals surface area contributed by atoms with Gasteiger partial charge in [-0.2, -0.15) is 0 Å². The van der Waals surface area contributed by atoms with Crippen LogP contribution in [0, 0.1) is 17.8 Å². The number of likely N-dealkylation sites (N-methyl/N-ethyl adjacent to an activating group) is 2. The first-order valence-corrected chi connectivity index (χ1v) is 21.9. The Morgan fingerprint density at radius 1 is 0.930 bits per heavy atom.